The first kappa shape index (κ1) is 13.3. The van der Waals surface area contributed by atoms with Crippen molar-refractivity contribution in [1.29, 1.82) is 0 Å². The Morgan fingerprint density at radius 2 is 2.00 bits per heavy atom. The smallest absolute Gasteiger partial charge is 0.269 e. The summed E-state index contributed by atoms with van der Waals surface area (Å²) < 4.78 is 2.13. The molecule has 0 amide bonds. The van der Waals surface area contributed by atoms with Crippen molar-refractivity contribution in [3.8, 4) is 0 Å². The van der Waals surface area contributed by atoms with Gasteiger partial charge in [-0.15, -0.1) is 0 Å². The standard InChI is InChI=1S/C14H17N3O2/c1-11(2)14-15-8-10-16(14)9-7-12-3-5-13(6-4-12)17(18)19/h3-6,8,10-11H,7,9H2,1-2H3. The molecule has 0 saturated heterocycles. The largest absolute Gasteiger partial charge is 0.334 e. The van der Waals surface area contributed by atoms with Crippen LogP contribution in [0.15, 0.2) is 36.7 Å². The molecule has 1 aromatic heterocycles. The third-order valence-corrected chi connectivity index (χ3v) is 3.05. The molecule has 2 aromatic rings. The Morgan fingerprint density at radius 3 is 2.58 bits per heavy atom. The van der Waals surface area contributed by atoms with E-state index in [4.69, 9.17) is 0 Å². The third-order valence-electron chi connectivity index (χ3n) is 3.05. The van der Waals surface area contributed by atoms with Crippen molar-refractivity contribution in [1.82, 2.24) is 9.55 Å². The van der Waals surface area contributed by atoms with E-state index in [2.05, 4.69) is 23.4 Å². The molecule has 2 rings (SSSR count). The average Bonchev–Trinajstić information content (AvgIpc) is 2.85. The van der Waals surface area contributed by atoms with Crippen molar-refractivity contribution in [3.63, 3.8) is 0 Å². The van der Waals surface area contributed by atoms with Crippen molar-refractivity contribution >= 4 is 5.69 Å². The summed E-state index contributed by atoms with van der Waals surface area (Å²) in [6.45, 7) is 5.07. The summed E-state index contributed by atoms with van der Waals surface area (Å²) in [6.07, 6.45) is 4.62. The predicted molar refractivity (Wildman–Crippen MR) is 73.1 cm³/mol. The van der Waals surface area contributed by atoms with Gasteiger partial charge in [-0.25, -0.2) is 4.98 Å². The van der Waals surface area contributed by atoms with Crippen molar-refractivity contribution in [2.24, 2.45) is 0 Å². The Balaban J connectivity index is 2.02. The van der Waals surface area contributed by atoms with Gasteiger partial charge in [-0.3, -0.25) is 10.1 Å². The van der Waals surface area contributed by atoms with Crippen LogP contribution in [0, 0.1) is 10.1 Å². The molecule has 0 aliphatic heterocycles. The fourth-order valence-corrected chi connectivity index (χ4v) is 2.04. The summed E-state index contributed by atoms with van der Waals surface area (Å²) in [5, 5.41) is 10.6. The number of nitro groups is 1. The number of benzene rings is 1. The highest BCUT2D eigenvalue weighted by Gasteiger charge is 2.08. The van der Waals surface area contributed by atoms with Crippen LogP contribution >= 0.6 is 0 Å². The Bertz CT molecular complexity index is 558. The number of aryl methyl sites for hydroxylation is 2. The first-order valence-electron chi connectivity index (χ1n) is 6.32. The van der Waals surface area contributed by atoms with Gasteiger partial charge in [0.15, 0.2) is 0 Å². The second-order valence-corrected chi connectivity index (χ2v) is 4.81. The highest BCUT2D eigenvalue weighted by molar-refractivity contribution is 5.32. The Kier molecular flexibility index (Phi) is 3.94. The van der Waals surface area contributed by atoms with Crippen LogP contribution in [-0.2, 0) is 13.0 Å². The lowest BCUT2D eigenvalue weighted by molar-refractivity contribution is -0.384. The Morgan fingerprint density at radius 1 is 1.32 bits per heavy atom. The van der Waals surface area contributed by atoms with Crippen LogP contribution in [-0.4, -0.2) is 14.5 Å². The number of imidazole rings is 1. The number of non-ortho nitro benzene ring substituents is 1. The zero-order chi connectivity index (χ0) is 13.8. The third kappa shape index (κ3) is 3.19. The first-order chi connectivity index (χ1) is 9.08. The van der Waals surface area contributed by atoms with E-state index >= 15 is 0 Å². The van der Waals surface area contributed by atoms with Crippen LogP contribution in [0.3, 0.4) is 0 Å². The van der Waals surface area contributed by atoms with Crippen LogP contribution in [0.4, 0.5) is 5.69 Å². The van der Waals surface area contributed by atoms with Crippen molar-refractivity contribution in [2.45, 2.75) is 32.7 Å². The van der Waals surface area contributed by atoms with Gasteiger partial charge >= 0.3 is 0 Å². The molecule has 0 radical (unpaired) electrons. The average molecular weight is 259 g/mol. The molecule has 1 heterocycles. The molecule has 0 fully saturated rings. The number of nitro benzene ring substituents is 1. The van der Waals surface area contributed by atoms with Gasteiger partial charge in [0.2, 0.25) is 0 Å². The van der Waals surface area contributed by atoms with Gasteiger partial charge in [-0.05, 0) is 12.0 Å². The minimum Gasteiger partial charge on any atom is -0.334 e. The lowest BCUT2D eigenvalue weighted by Gasteiger charge is -2.10. The maximum absolute atomic E-state index is 10.6. The molecule has 0 atom stereocenters. The van der Waals surface area contributed by atoms with E-state index in [0.29, 0.717) is 5.92 Å². The lowest BCUT2D eigenvalue weighted by Crippen LogP contribution is -2.06. The molecule has 5 nitrogen and oxygen atoms in total. The maximum atomic E-state index is 10.6. The zero-order valence-electron chi connectivity index (χ0n) is 11.1. The lowest BCUT2D eigenvalue weighted by atomic mass is 10.1. The summed E-state index contributed by atoms with van der Waals surface area (Å²) in [7, 11) is 0. The predicted octanol–water partition coefficient (Wildman–Crippen LogP) is 3.16. The molecule has 1 aromatic carbocycles. The molecule has 0 saturated carbocycles. The van der Waals surface area contributed by atoms with Crippen molar-refractivity contribution in [3.05, 3.63) is 58.2 Å². The van der Waals surface area contributed by atoms with E-state index in [1.807, 2.05) is 24.5 Å². The molecule has 0 aliphatic carbocycles. The summed E-state index contributed by atoms with van der Waals surface area (Å²) in [5.41, 5.74) is 1.23. The summed E-state index contributed by atoms with van der Waals surface area (Å²) >= 11 is 0. The van der Waals surface area contributed by atoms with Gasteiger partial charge in [-0.1, -0.05) is 26.0 Å². The van der Waals surface area contributed by atoms with Crippen LogP contribution in [0.2, 0.25) is 0 Å². The van der Waals surface area contributed by atoms with Crippen LogP contribution in [0.1, 0.15) is 31.2 Å². The van der Waals surface area contributed by atoms with Gasteiger partial charge in [0.05, 0.1) is 4.92 Å². The molecule has 19 heavy (non-hydrogen) atoms. The number of rotatable bonds is 5. The van der Waals surface area contributed by atoms with E-state index in [1.165, 1.54) is 0 Å². The highest BCUT2D eigenvalue weighted by Crippen LogP contribution is 2.15. The maximum Gasteiger partial charge on any atom is 0.269 e. The summed E-state index contributed by atoms with van der Waals surface area (Å²) in [4.78, 5) is 14.5. The summed E-state index contributed by atoms with van der Waals surface area (Å²) in [5.74, 6) is 1.47. The van der Waals surface area contributed by atoms with E-state index in [9.17, 15) is 10.1 Å². The van der Waals surface area contributed by atoms with E-state index < -0.39 is 0 Å². The molecule has 5 heteroatoms. The summed E-state index contributed by atoms with van der Waals surface area (Å²) in [6, 6.07) is 6.72. The molecule has 0 unspecified atom stereocenters. The molecule has 100 valence electrons. The Labute approximate surface area is 112 Å². The first-order valence-corrected chi connectivity index (χ1v) is 6.32. The minimum atomic E-state index is -0.378. The number of hydrogen-bond acceptors (Lipinski definition) is 3. The molecule has 0 N–H and O–H groups in total. The Hall–Kier alpha value is -2.17. The monoisotopic (exact) mass is 259 g/mol. The number of nitrogens with zero attached hydrogens (tertiary/aromatic N) is 3. The van der Waals surface area contributed by atoms with E-state index in [1.54, 1.807) is 12.1 Å². The van der Waals surface area contributed by atoms with Crippen LogP contribution < -0.4 is 0 Å². The number of aromatic nitrogens is 2. The molecular formula is C14H17N3O2. The van der Waals surface area contributed by atoms with Gasteiger partial charge < -0.3 is 4.57 Å². The fraction of sp³-hybridized carbons (Fsp3) is 0.357. The SMILES string of the molecule is CC(C)c1nccn1CCc1ccc([N+](=O)[O-])cc1. The number of hydrogen-bond donors (Lipinski definition) is 0. The second kappa shape index (κ2) is 5.65. The molecule has 0 bridgehead atoms. The normalized spacial score (nSPS) is 10.9. The fourth-order valence-electron chi connectivity index (χ4n) is 2.04. The van der Waals surface area contributed by atoms with E-state index in [-0.39, 0.29) is 10.6 Å². The molecular weight excluding hydrogens is 242 g/mol. The van der Waals surface area contributed by atoms with Gasteiger partial charge in [0.1, 0.15) is 5.82 Å². The van der Waals surface area contributed by atoms with E-state index in [0.717, 1.165) is 24.4 Å². The van der Waals surface area contributed by atoms with Gasteiger partial charge in [0.25, 0.3) is 5.69 Å². The molecule has 0 aliphatic rings. The van der Waals surface area contributed by atoms with Crippen LogP contribution in [0.25, 0.3) is 0 Å². The highest BCUT2D eigenvalue weighted by atomic mass is 16.6. The quantitative estimate of drug-likeness (QED) is 0.612. The van der Waals surface area contributed by atoms with Gasteiger partial charge in [0, 0.05) is 37.0 Å². The van der Waals surface area contributed by atoms with Crippen molar-refractivity contribution < 1.29 is 4.92 Å². The van der Waals surface area contributed by atoms with Gasteiger partial charge in [-0.2, -0.15) is 0 Å². The minimum absolute atomic E-state index is 0.134. The zero-order valence-corrected chi connectivity index (χ0v) is 11.1. The van der Waals surface area contributed by atoms with Crippen molar-refractivity contribution in [2.75, 3.05) is 0 Å². The topological polar surface area (TPSA) is 61.0 Å². The second-order valence-electron chi connectivity index (χ2n) is 4.81. The van der Waals surface area contributed by atoms with Crippen LogP contribution in [0.5, 0.6) is 0 Å². The molecule has 0 spiro atoms.